The third kappa shape index (κ3) is 6.95. The molecule has 0 radical (unpaired) electrons. The first-order valence-electron chi connectivity index (χ1n) is 5.13. The number of imidazole rings is 1. The Morgan fingerprint density at radius 2 is 1.68 bits per heavy atom. The van der Waals surface area contributed by atoms with Crippen molar-refractivity contribution in [2.75, 3.05) is 0 Å². The van der Waals surface area contributed by atoms with E-state index in [4.69, 9.17) is 0 Å². The molecule has 0 aliphatic carbocycles. The fraction of sp³-hybridized carbons (Fsp3) is 0.333. The summed E-state index contributed by atoms with van der Waals surface area (Å²) in [5.74, 6) is 0. The molecule has 3 nitrogen and oxygen atoms in total. The van der Waals surface area contributed by atoms with Gasteiger partial charge in [0, 0.05) is 6.20 Å². The van der Waals surface area contributed by atoms with Gasteiger partial charge in [-0.05, 0) is 26.0 Å². The minimum absolute atomic E-state index is 0.475. The summed E-state index contributed by atoms with van der Waals surface area (Å²) in [6, 6.07) is 4.50. The van der Waals surface area contributed by atoms with Crippen LogP contribution in [0.1, 0.15) is 19.9 Å². The van der Waals surface area contributed by atoms with Crippen molar-refractivity contribution < 1.29 is 29.7 Å². The number of rotatable bonds is 1. The zero-order chi connectivity index (χ0) is 15.0. The Hall–Kier alpha value is -1.37. The summed E-state index contributed by atoms with van der Waals surface area (Å²) in [6.45, 7) is 4.31. The molecule has 0 saturated carbocycles. The van der Waals surface area contributed by atoms with Gasteiger partial charge in [-0.25, -0.2) is 14.5 Å². The van der Waals surface area contributed by atoms with Gasteiger partial charge in [-0.1, -0.05) is 0 Å². The molecule has 0 aromatic carbocycles. The van der Waals surface area contributed by atoms with Crippen molar-refractivity contribution in [3.05, 3.63) is 24.7 Å². The van der Waals surface area contributed by atoms with Crippen LogP contribution in [0.25, 0.3) is 11.2 Å². The van der Waals surface area contributed by atoms with Crippen LogP contribution in [0.15, 0.2) is 24.7 Å². The number of aromatic amines is 1. The van der Waals surface area contributed by atoms with Crippen molar-refractivity contribution in [3.8, 4) is 0 Å². The summed E-state index contributed by atoms with van der Waals surface area (Å²) in [4.78, 5) is 7.33. The molecular weight excluding hydrogens is 295 g/mol. The molecule has 2 rings (SSSR count). The third-order valence-corrected chi connectivity index (χ3v) is 1.96. The van der Waals surface area contributed by atoms with Crippen LogP contribution in [0.4, 0.5) is 25.2 Å². The number of H-pyrrole nitrogens is 1. The van der Waals surface area contributed by atoms with Gasteiger partial charge in [-0.15, -0.1) is 0 Å². The zero-order valence-electron chi connectivity index (χ0n) is 10.00. The Labute approximate surface area is 104 Å². The van der Waals surface area contributed by atoms with Gasteiger partial charge in [0.2, 0.25) is 6.33 Å². The number of nitrogens with zero attached hydrogens (tertiary/aromatic N) is 2. The summed E-state index contributed by atoms with van der Waals surface area (Å²) in [7, 11) is -10.7. The van der Waals surface area contributed by atoms with Crippen molar-refractivity contribution in [2.24, 2.45) is 0 Å². The van der Waals surface area contributed by atoms with E-state index in [-0.39, 0.29) is 0 Å². The van der Waals surface area contributed by atoms with Gasteiger partial charge in [0.05, 0.1) is 6.04 Å². The zero-order valence-corrected chi connectivity index (χ0v) is 10.9. The van der Waals surface area contributed by atoms with Crippen molar-refractivity contribution in [1.29, 1.82) is 0 Å². The molecule has 0 amide bonds. The molecule has 110 valence electrons. The number of hydrogen-bond donors (Lipinski definition) is 1. The first kappa shape index (κ1) is 15.7. The second-order valence-electron chi connectivity index (χ2n) is 4.10. The van der Waals surface area contributed by atoms with E-state index in [2.05, 4.69) is 34.4 Å². The fourth-order valence-corrected chi connectivity index (χ4v) is 1.34. The topological polar surface area (TPSA) is 32.6 Å². The summed E-state index contributed by atoms with van der Waals surface area (Å²) in [5, 5.41) is 0. The minimum atomic E-state index is -10.7. The maximum absolute atomic E-state index is 10.7. The normalized spacial score (nSPS) is 15.6. The standard InChI is InChI=1S/C9H11N3.F6P/c1-7(2)12-6-11-9-8(12)4-3-5-10-9;1-7(2,3,4,5)6/h3-7H,1-2H3;/q;-1/p+1. The molecule has 0 aliphatic rings. The van der Waals surface area contributed by atoms with Gasteiger partial charge in [0.25, 0.3) is 5.65 Å². The van der Waals surface area contributed by atoms with E-state index in [1.807, 2.05) is 12.4 Å². The van der Waals surface area contributed by atoms with Gasteiger partial charge >= 0.3 is 33.0 Å². The Kier molecular flexibility index (Phi) is 3.35. The fourth-order valence-electron chi connectivity index (χ4n) is 1.34. The second kappa shape index (κ2) is 4.06. The number of aromatic nitrogens is 3. The number of fused-ring (bicyclic) bond motifs is 1. The molecule has 0 fully saturated rings. The molecule has 2 aromatic rings. The van der Waals surface area contributed by atoms with Crippen LogP contribution in [0.2, 0.25) is 0 Å². The third-order valence-electron chi connectivity index (χ3n) is 1.96. The molecule has 2 aromatic heterocycles. The number of pyridine rings is 1. The van der Waals surface area contributed by atoms with Gasteiger partial charge in [0.15, 0.2) is 5.52 Å². The molecular formula is C9H12F6N3P. The second-order valence-corrected chi connectivity index (χ2v) is 6.02. The first-order valence-corrected chi connectivity index (χ1v) is 7.16. The Balaban J connectivity index is 0.000000224. The Morgan fingerprint density at radius 3 is 2.16 bits per heavy atom. The van der Waals surface area contributed by atoms with Crippen molar-refractivity contribution in [3.63, 3.8) is 0 Å². The van der Waals surface area contributed by atoms with Crippen LogP contribution in [-0.2, 0) is 0 Å². The number of nitrogens with one attached hydrogen (secondary N) is 1. The average molecular weight is 307 g/mol. The molecule has 0 saturated heterocycles. The van der Waals surface area contributed by atoms with Gasteiger partial charge in [0.1, 0.15) is 0 Å². The van der Waals surface area contributed by atoms with Crippen LogP contribution in [0, 0.1) is 0 Å². The molecule has 0 atom stereocenters. The van der Waals surface area contributed by atoms with Crippen LogP contribution < -0.4 is 4.57 Å². The van der Waals surface area contributed by atoms with Crippen LogP contribution >= 0.6 is 7.81 Å². The van der Waals surface area contributed by atoms with Crippen LogP contribution in [-0.4, -0.2) is 9.97 Å². The Bertz CT molecular complexity index is 562. The van der Waals surface area contributed by atoms with E-state index in [1.54, 1.807) is 6.20 Å². The molecule has 0 bridgehead atoms. The van der Waals surface area contributed by atoms with Crippen LogP contribution in [0.5, 0.6) is 0 Å². The maximum atomic E-state index is 9.87. The van der Waals surface area contributed by atoms with Gasteiger partial charge < -0.3 is 0 Å². The number of hydrogen-bond acceptors (Lipinski definition) is 1. The van der Waals surface area contributed by atoms with E-state index >= 15 is 0 Å². The average Bonchev–Trinajstić information content (AvgIpc) is 2.55. The Morgan fingerprint density at radius 1 is 1.16 bits per heavy atom. The molecule has 0 spiro atoms. The summed E-state index contributed by atoms with van der Waals surface area (Å²) in [6.07, 6.45) is 3.76. The van der Waals surface area contributed by atoms with Crippen molar-refractivity contribution in [1.82, 2.24) is 9.97 Å². The first-order chi connectivity index (χ1) is 8.24. The van der Waals surface area contributed by atoms with Gasteiger partial charge in [-0.2, -0.15) is 0 Å². The monoisotopic (exact) mass is 307 g/mol. The van der Waals surface area contributed by atoms with E-state index in [9.17, 15) is 25.2 Å². The summed E-state index contributed by atoms with van der Waals surface area (Å²) in [5.41, 5.74) is 2.11. The van der Waals surface area contributed by atoms with Crippen molar-refractivity contribution in [2.45, 2.75) is 19.9 Å². The van der Waals surface area contributed by atoms with E-state index in [0.717, 1.165) is 11.2 Å². The number of halogens is 6. The SMILES string of the molecule is CC(C)[n+]1c[nH]c2ncccc21.F[P-](F)(F)(F)(F)F. The van der Waals surface area contributed by atoms with E-state index in [0.29, 0.717) is 6.04 Å². The quantitative estimate of drug-likeness (QED) is 0.457. The molecule has 0 unspecified atom stereocenters. The molecule has 1 N–H and O–H groups in total. The molecule has 10 heteroatoms. The van der Waals surface area contributed by atoms with Crippen LogP contribution in [0.3, 0.4) is 0 Å². The molecule has 0 aliphatic heterocycles. The van der Waals surface area contributed by atoms with E-state index in [1.165, 1.54) is 0 Å². The van der Waals surface area contributed by atoms with Crippen molar-refractivity contribution >= 4 is 19.0 Å². The molecule has 2 heterocycles. The predicted molar refractivity (Wildman–Crippen MR) is 60.2 cm³/mol. The summed E-state index contributed by atoms with van der Waals surface area (Å²) < 4.78 is 61.4. The van der Waals surface area contributed by atoms with E-state index < -0.39 is 7.81 Å². The molecule has 19 heavy (non-hydrogen) atoms. The van der Waals surface area contributed by atoms with Gasteiger partial charge in [-0.3, -0.25) is 0 Å². The predicted octanol–water partition coefficient (Wildman–Crippen LogP) is 4.81. The summed E-state index contributed by atoms with van der Waals surface area (Å²) >= 11 is 0.